The first-order valence-corrected chi connectivity index (χ1v) is 10.0. The molecule has 148 valence electrons. The number of thiazole rings is 1. The third-order valence-corrected chi connectivity index (χ3v) is 5.16. The van der Waals surface area contributed by atoms with E-state index in [1.807, 2.05) is 36.6 Å². The number of ether oxygens (including phenoxy) is 1. The minimum atomic E-state index is -0.323. The van der Waals surface area contributed by atoms with Gasteiger partial charge in [0.1, 0.15) is 11.6 Å². The van der Waals surface area contributed by atoms with E-state index >= 15 is 0 Å². The van der Waals surface area contributed by atoms with Gasteiger partial charge in [-0.25, -0.2) is 8.91 Å². The Bertz CT molecular complexity index is 1150. The van der Waals surface area contributed by atoms with Crippen molar-refractivity contribution in [3.05, 3.63) is 71.0 Å². The van der Waals surface area contributed by atoms with Crippen LogP contribution >= 0.6 is 11.3 Å². The average molecular weight is 410 g/mol. The summed E-state index contributed by atoms with van der Waals surface area (Å²) in [4.78, 5) is 17.2. The molecule has 2 aromatic carbocycles. The lowest BCUT2D eigenvalue weighted by Gasteiger charge is -2.07. The fourth-order valence-corrected chi connectivity index (χ4v) is 3.74. The zero-order valence-electron chi connectivity index (χ0n) is 15.8. The molecule has 1 amide bonds. The molecule has 0 atom stereocenters. The fraction of sp³-hybridized carbons (Fsp3) is 0.190. The smallest absolute Gasteiger partial charge is 0.257 e. The van der Waals surface area contributed by atoms with Crippen LogP contribution in [-0.2, 0) is 11.2 Å². The second-order valence-corrected chi connectivity index (χ2v) is 7.41. The van der Waals surface area contributed by atoms with Gasteiger partial charge in [0.2, 0.25) is 4.96 Å². The largest absolute Gasteiger partial charge is 0.484 e. The van der Waals surface area contributed by atoms with E-state index < -0.39 is 0 Å². The molecule has 2 heterocycles. The SMILES string of the molecule is Cc1cccc(OCC(=O)NCCc2csc3nc(-c4cccc(F)c4)nn23)c1. The fourth-order valence-electron chi connectivity index (χ4n) is 2.88. The average Bonchev–Trinajstić information content (AvgIpc) is 3.28. The normalized spacial score (nSPS) is 11.0. The van der Waals surface area contributed by atoms with Crippen LogP contribution in [0.25, 0.3) is 16.3 Å². The van der Waals surface area contributed by atoms with Gasteiger partial charge < -0.3 is 10.1 Å². The standard InChI is InChI=1S/C21H19FN4O2S/c1-14-4-2-7-18(10-14)28-12-19(27)23-9-8-17-13-29-21-24-20(25-26(17)21)15-5-3-6-16(22)11-15/h2-7,10-11,13H,8-9,12H2,1H3,(H,23,27). The van der Waals surface area contributed by atoms with Crippen molar-refractivity contribution >= 4 is 22.2 Å². The molecule has 0 unspecified atom stereocenters. The van der Waals surface area contributed by atoms with Gasteiger partial charge in [0.25, 0.3) is 5.91 Å². The van der Waals surface area contributed by atoms with Crippen LogP contribution in [0.5, 0.6) is 5.75 Å². The number of carbonyl (C=O) groups is 1. The Labute approximate surface area is 171 Å². The number of hydrogen-bond acceptors (Lipinski definition) is 5. The van der Waals surface area contributed by atoms with Gasteiger partial charge in [-0.3, -0.25) is 4.79 Å². The molecule has 0 bridgehead atoms. The summed E-state index contributed by atoms with van der Waals surface area (Å²) in [7, 11) is 0. The number of halogens is 1. The highest BCUT2D eigenvalue weighted by Gasteiger charge is 2.12. The molecule has 1 N–H and O–H groups in total. The van der Waals surface area contributed by atoms with E-state index in [9.17, 15) is 9.18 Å². The van der Waals surface area contributed by atoms with Gasteiger partial charge >= 0.3 is 0 Å². The quantitative estimate of drug-likeness (QED) is 0.505. The third kappa shape index (κ3) is 4.60. The van der Waals surface area contributed by atoms with Crippen molar-refractivity contribution in [2.75, 3.05) is 13.2 Å². The summed E-state index contributed by atoms with van der Waals surface area (Å²) < 4.78 is 20.7. The summed E-state index contributed by atoms with van der Waals surface area (Å²) in [6.45, 7) is 2.39. The van der Waals surface area contributed by atoms with Crippen LogP contribution in [0.2, 0.25) is 0 Å². The van der Waals surface area contributed by atoms with Crippen molar-refractivity contribution in [1.29, 1.82) is 0 Å². The van der Waals surface area contributed by atoms with Gasteiger partial charge in [-0.2, -0.15) is 4.98 Å². The number of nitrogens with zero attached hydrogens (tertiary/aromatic N) is 3. The molecule has 0 aliphatic carbocycles. The highest BCUT2D eigenvalue weighted by Crippen LogP contribution is 2.21. The maximum atomic E-state index is 13.4. The number of hydrogen-bond donors (Lipinski definition) is 1. The number of carbonyl (C=O) groups excluding carboxylic acids is 1. The summed E-state index contributed by atoms with van der Waals surface area (Å²) in [5, 5.41) is 9.28. The Morgan fingerprint density at radius 1 is 1.24 bits per heavy atom. The lowest BCUT2D eigenvalue weighted by Crippen LogP contribution is -2.30. The van der Waals surface area contributed by atoms with Crippen LogP contribution in [0.1, 0.15) is 11.3 Å². The summed E-state index contributed by atoms with van der Waals surface area (Å²) in [6, 6.07) is 13.8. The van der Waals surface area contributed by atoms with Gasteiger partial charge in [-0.1, -0.05) is 24.3 Å². The Kier molecular flexibility index (Phi) is 5.53. The minimum Gasteiger partial charge on any atom is -0.484 e. The van der Waals surface area contributed by atoms with Crippen molar-refractivity contribution in [1.82, 2.24) is 19.9 Å². The summed E-state index contributed by atoms with van der Waals surface area (Å²) in [5.74, 6) is 0.647. The number of benzene rings is 2. The van der Waals surface area contributed by atoms with Crippen LogP contribution in [0.4, 0.5) is 4.39 Å². The van der Waals surface area contributed by atoms with Crippen molar-refractivity contribution in [2.45, 2.75) is 13.3 Å². The van der Waals surface area contributed by atoms with E-state index in [-0.39, 0.29) is 18.3 Å². The van der Waals surface area contributed by atoms with Crippen molar-refractivity contribution in [3.63, 3.8) is 0 Å². The Morgan fingerprint density at radius 2 is 2.10 bits per heavy atom. The molecule has 0 spiro atoms. The van der Waals surface area contributed by atoms with E-state index in [4.69, 9.17) is 4.74 Å². The van der Waals surface area contributed by atoms with E-state index in [1.165, 1.54) is 23.5 Å². The number of rotatable bonds is 7. The first-order chi connectivity index (χ1) is 14.1. The Hall–Kier alpha value is -3.26. The lowest BCUT2D eigenvalue weighted by atomic mass is 10.2. The van der Waals surface area contributed by atoms with E-state index in [0.29, 0.717) is 30.1 Å². The molecule has 2 aromatic heterocycles. The lowest BCUT2D eigenvalue weighted by molar-refractivity contribution is -0.123. The molecule has 4 aromatic rings. The van der Waals surface area contributed by atoms with E-state index in [0.717, 1.165) is 16.2 Å². The van der Waals surface area contributed by atoms with Gasteiger partial charge in [0, 0.05) is 23.9 Å². The molecule has 0 saturated carbocycles. The molecule has 0 aliphatic rings. The highest BCUT2D eigenvalue weighted by atomic mass is 32.1. The predicted octanol–water partition coefficient (Wildman–Crippen LogP) is 3.64. The van der Waals surface area contributed by atoms with Gasteiger partial charge in [-0.05, 0) is 36.8 Å². The molecule has 0 radical (unpaired) electrons. The second kappa shape index (κ2) is 8.40. The minimum absolute atomic E-state index is 0.0322. The molecule has 4 rings (SSSR count). The molecular weight excluding hydrogens is 391 g/mol. The Morgan fingerprint density at radius 3 is 2.93 bits per heavy atom. The molecule has 6 nitrogen and oxygen atoms in total. The number of nitrogens with one attached hydrogen (secondary N) is 1. The first-order valence-electron chi connectivity index (χ1n) is 9.14. The monoisotopic (exact) mass is 410 g/mol. The van der Waals surface area contributed by atoms with Crippen molar-refractivity contribution in [3.8, 4) is 17.1 Å². The van der Waals surface area contributed by atoms with Crippen LogP contribution in [0.15, 0.2) is 53.9 Å². The zero-order valence-corrected chi connectivity index (χ0v) is 16.6. The van der Waals surface area contributed by atoms with Crippen molar-refractivity contribution < 1.29 is 13.9 Å². The maximum absolute atomic E-state index is 13.4. The topological polar surface area (TPSA) is 68.5 Å². The number of aryl methyl sites for hydroxylation is 1. The highest BCUT2D eigenvalue weighted by molar-refractivity contribution is 7.15. The summed E-state index contributed by atoms with van der Waals surface area (Å²) >= 11 is 1.46. The van der Waals surface area contributed by atoms with Crippen LogP contribution in [-0.4, -0.2) is 33.7 Å². The van der Waals surface area contributed by atoms with Gasteiger partial charge in [0.15, 0.2) is 12.4 Å². The third-order valence-electron chi connectivity index (χ3n) is 4.30. The van der Waals surface area contributed by atoms with Crippen LogP contribution < -0.4 is 10.1 Å². The zero-order chi connectivity index (χ0) is 20.2. The molecule has 0 saturated heterocycles. The molecule has 0 aliphatic heterocycles. The number of amides is 1. The van der Waals surface area contributed by atoms with Gasteiger partial charge in [-0.15, -0.1) is 16.4 Å². The van der Waals surface area contributed by atoms with Crippen LogP contribution in [0, 0.1) is 12.7 Å². The van der Waals surface area contributed by atoms with E-state index in [2.05, 4.69) is 15.4 Å². The van der Waals surface area contributed by atoms with Crippen LogP contribution in [0.3, 0.4) is 0 Å². The summed E-state index contributed by atoms with van der Waals surface area (Å²) in [6.07, 6.45) is 0.599. The molecule has 0 fully saturated rings. The second-order valence-electron chi connectivity index (χ2n) is 6.57. The van der Waals surface area contributed by atoms with Gasteiger partial charge in [0.05, 0.1) is 5.69 Å². The Balaban J connectivity index is 1.33. The molecule has 8 heteroatoms. The summed E-state index contributed by atoms with van der Waals surface area (Å²) in [5.41, 5.74) is 2.64. The number of fused-ring (bicyclic) bond motifs is 1. The maximum Gasteiger partial charge on any atom is 0.257 e. The predicted molar refractivity (Wildman–Crippen MR) is 110 cm³/mol. The van der Waals surface area contributed by atoms with Crippen molar-refractivity contribution in [2.24, 2.45) is 0 Å². The number of aromatic nitrogens is 3. The molecular formula is C21H19FN4O2S. The first kappa shape index (κ1) is 19.1. The van der Waals surface area contributed by atoms with E-state index in [1.54, 1.807) is 16.6 Å². The molecule has 29 heavy (non-hydrogen) atoms.